The summed E-state index contributed by atoms with van der Waals surface area (Å²) in [4.78, 5) is 0. The first-order valence-corrected chi connectivity index (χ1v) is 19.5. The molecule has 0 fully saturated rings. The Kier molecular flexibility index (Phi) is 8.97. The Balaban J connectivity index is 2.07. The lowest BCUT2D eigenvalue weighted by molar-refractivity contribution is 0.430. The summed E-state index contributed by atoms with van der Waals surface area (Å²) in [6, 6.07) is 6.18. The van der Waals surface area contributed by atoms with Crippen molar-refractivity contribution in [3.8, 4) is 5.75 Å². The molecule has 0 saturated heterocycles. The zero-order valence-electron chi connectivity index (χ0n) is 24.8. The molecule has 0 bridgehead atoms. The van der Waals surface area contributed by atoms with Gasteiger partial charge in [-0.2, -0.15) is 4.39 Å². The molecular formula is C31H35F8OSi2. The van der Waals surface area contributed by atoms with Gasteiger partial charge in [0.1, 0.15) is 11.6 Å². The van der Waals surface area contributed by atoms with Crippen LogP contribution >= 0.6 is 0 Å². The molecule has 42 heavy (non-hydrogen) atoms. The van der Waals surface area contributed by atoms with Crippen LogP contribution in [-0.4, -0.2) is 16.4 Å². The van der Waals surface area contributed by atoms with Crippen LogP contribution in [0.4, 0.5) is 35.1 Å². The van der Waals surface area contributed by atoms with Crippen LogP contribution in [0.1, 0.15) is 54.9 Å². The molecular weight excluding hydrogens is 596 g/mol. The molecule has 0 amide bonds. The van der Waals surface area contributed by atoms with E-state index in [4.69, 9.17) is 4.43 Å². The van der Waals surface area contributed by atoms with E-state index in [1.807, 2.05) is 27.7 Å². The lowest BCUT2D eigenvalue weighted by Gasteiger charge is -2.40. The molecule has 0 spiro atoms. The summed E-state index contributed by atoms with van der Waals surface area (Å²) in [6.45, 7) is 14.0. The van der Waals surface area contributed by atoms with Gasteiger partial charge in [0.25, 0.3) is 8.32 Å². The Morgan fingerprint density at radius 2 is 0.952 bits per heavy atom. The minimum atomic E-state index is -3.18. The van der Waals surface area contributed by atoms with Crippen molar-refractivity contribution in [3.05, 3.63) is 52.6 Å². The minimum absolute atomic E-state index is 0.203. The highest BCUT2D eigenvalue weighted by Crippen LogP contribution is 2.50. The van der Waals surface area contributed by atoms with Crippen LogP contribution in [0, 0.1) is 52.6 Å². The number of hydrogen-bond acceptors (Lipinski definition) is 1. The van der Waals surface area contributed by atoms with Gasteiger partial charge in [-0.15, -0.1) is 0 Å². The molecule has 0 atom stereocenters. The Morgan fingerprint density at radius 1 is 0.548 bits per heavy atom. The number of halogens is 8. The molecule has 1 radical (unpaired) electrons. The van der Waals surface area contributed by atoms with E-state index in [-0.39, 0.29) is 11.1 Å². The van der Waals surface area contributed by atoms with Crippen molar-refractivity contribution >= 4 is 48.7 Å². The maximum atomic E-state index is 15.9. The molecule has 229 valence electrons. The summed E-state index contributed by atoms with van der Waals surface area (Å²) in [6.07, 6.45) is 0.739. The zero-order chi connectivity index (χ0) is 31.5. The second kappa shape index (κ2) is 11.6. The third kappa shape index (κ3) is 4.69. The van der Waals surface area contributed by atoms with Gasteiger partial charge in [0.15, 0.2) is 34.8 Å². The summed E-state index contributed by atoms with van der Waals surface area (Å²) in [5.74, 6) is -15.9. The van der Waals surface area contributed by atoms with Crippen LogP contribution in [0.2, 0.25) is 41.3 Å². The largest absolute Gasteiger partial charge is 0.540 e. The quantitative estimate of drug-likeness (QED) is 0.0909. The van der Waals surface area contributed by atoms with Crippen LogP contribution < -0.4 is 4.43 Å². The van der Waals surface area contributed by atoms with Gasteiger partial charge < -0.3 is 4.43 Å². The van der Waals surface area contributed by atoms with E-state index < -0.39 is 101 Å². The normalized spacial score (nSPS) is 13.2. The lowest BCUT2D eigenvalue weighted by Crippen LogP contribution is -2.48. The van der Waals surface area contributed by atoms with Gasteiger partial charge in [-0.05, 0) is 17.1 Å². The molecule has 0 aliphatic rings. The van der Waals surface area contributed by atoms with Crippen molar-refractivity contribution in [1.29, 1.82) is 0 Å². The fraction of sp³-hybridized carbons (Fsp3) is 0.484. The van der Waals surface area contributed by atoms with Crippen molar-refractivity contribution in [2.24, 2.45) is 0 Å². The summed E-state index contributed by atoms with van der Waals surface area (Å²) in [7, 11) is -4.74. The van der Waals surface area contributed by atoms with Crippen LogP contribution in [0.15, 0.2) is 0 Å². The molecule has 1 nitrogen and oxygen atoms in total. The highest BCUT2D eigenvalue weighted by molar-refractivity contribution is 6.80. The first-order valence-electron chi connectivity index (χ1n) is 14.4. The summed E-state index contributed by atoms with van der Waals surface area (Å²) < 4.78 is 129. The topological polar surface area (TPSA) is 9.23 Å². The molecule has 0 unspecified atom stereocenters. The summed E-state index contributed by atoms with van der Waals surface area (Å²) >= 11 is 0. The fourth-order valence-corrected chi connectivity index (χ4v) is 15.0. The first-order chi connectivity index (χ1) is 19.6. The number of rotatable bonds is 11. The Morgan fingerprint density at radius 3 is 1.40 bits per heavy atom. The lowest BCUT2D eigenvalue weighted by atomic mass is 9.91. The Bertz CT molecular complexity index is 1610. The molecule has 4 aromatic rings. The van der Waals surface area contributed by atoms with Crippen molar-refractivity contribution in [1.82, 2.24) is 0 Å². The fourth-order valence-electron chi connectivity index (χ4n) is 6.84. The molecule has 0 aliphatic carbocycles. The van der Waals surface area contributed by atoms with Crippen molar-refractivity contribution in [2.45, 2.75) is 96.2 Å². The summed E-state index contributed by atoms with van der Waals surface area (Å²) in [5, 5.41) is -6.70. The summed E-state index contributed by atoms with van der Waals surface area (Å²) in [5.41, 5.74) is -0.405. The average Bonchev–Trinajstić information content (AvgIpc) is 2.94. The molecule has 4 rings (SSSR count). The highest BCUT2D eigenvalue weighted by Gasteiger charge is 2.46. The Labute approximate surface area is 242 Å². The van der Waals surface area contributed by atoms with Gasteiger partial charge in [0.2, 0.25) is 5.82 Å². The van der Waals surface area contributed by atoms with E-state index in [0.717, 1.165) is 30.6 Å². The molecule has 0 saturated carbocycles. The van der Waals surface area contributed by atoms with E-state index in [2.05, 4.69) is 20.8 Å². The van der Waals surface area contributed by atoms with Gasteiger partial charge in [-0.25, -0.2) is 30.7 Å². The number of hydrogen-bond donors (Lipinski definition) is 0. The number of benzene rings is 4. The molecule has 0 N–H and O–H groups in total. The molecule has 0 heterocycles. The highest BCUT2D eigenvalue weighted by atomic mass is 28.4. The van der Waals surface area contributed by atoms with Crippen LogP contribution in [0.3, 0.4) is 0 Å². The Hall–Kier alpha value is -2.41. The SMILES string of the molecule is CC[Si](CC)(CC)CCC[Si](Oc1c(F)c(F)c2c(F)c(F)c3c(F)[c]c(F)c4c(F)c(F)c1c2c34)(C(C)C)C(C)C. The monoisotopic (exact) mass is 631 g/mol. The van der Waals surface area contributed by atoms with E-state index in [9.17, 15) is 13.2 Å². The first kappa shape index (κ1) is 32.5. The van der Waals surface area contributed by atoms with Gasteiger partial charge in [0, 0.05) is 10.8 Å². The second-order valence-electron chi connectivity index (χ2n) is 12.0. The average molecular weight is 632 g/mol. The third-order valence-electron chi connectivity index (χ3n) is 9.78. The van der Waals surface area contributed by atoms with Gasteiger partial charge >= 0.3 is 0 Å². The predicted octanol–water partition coefficient (Wildman–Crippen LogP) is 11.5. The molecule has 0 aliphatic heterocycles. The smallest absolute Gasteiger partial charge is 0.256 e. The van der Waals surface area contributed by atoms with Crippen molar-refractivity contribution in [3.63, 3.8) is 0 Å². The van der Waals surface area contributed by atoms with Crippen molar-refractivity contribution < 1.29 is 39.5 Å². The van der Waals surface area contributed by atoms with E-state index in [0.29, 0.717) is 6.04 Å². The molecule has 4 aromatic carbocycles. The zero-order valence-corrected chi connectivity index (χ0v) is 26.8. The molecule has 0 aromatic heterocycles. The van der Waals surface area contributed by atoms with Crippen molar-refractivity contribution in [2.75, 3.05) is 0 Å². The minimum Gasteiger partial charge on any atom is -0.540 e. The van der Waals surface area contributed by atoms with Crippen LogP contribution in [0.25, 0.3) is 32.3 Å². The standard InChI is InChI=1S/C31H35F8OSi2/c1-8-41(9-2,10-3)12-11-13-42(15(4)5,16(6)7)40-31-24-22-21-19(25(34)27(36)23(22)28(37)30(31)39)17(32)14-18(33)20(21)26(35)29(24)38/h15-16H,8-13H2,1-7H3. The van der Waals surface area contributed by atoms with E-state index in [1.165, 1.54) is 6.07 Å². The molecule has 11 heteroatoms. The van der Waals surface area contributed by atoms with Crippen LogP contribution in [-0.2, 0) is 0 Å². The maximum absolute atomic E-state index is 15.9. The maximum Gasteiger partial charge on any atom is 0.256 e. The van der Waals surface area contributed by atoms with Gasteiger partial charge in [0.05, 0.1) is 35.7 Å². The van der Waals surface area contributed by atoms with Gasteiger partial charge in [-0.1, -0.05) is 79.1 Å². The van der Waals surface area contributed by atoms with Gasteiger partial charge in [-0.3, -0.25) is 0 Å². The van der Waals surface area contributed by atoms with Crippen LogP contribution in [0.5, 0.6) is 5.75 Å². The third-order valence-corrected chi connectivity index (χ3v) is 21.3. The predicted molar refractivity (Wildman–Crippen MR) is 157 cm³/mol. The van der Waals surface area contributed by atoms with E-state index in [1.54, 1.807) is 0 Å². The second-order valence-corrected chi connectivity index (χ2v) is 22.5. The van der Waals surface area contributed by atoms with E-state index >= 15 is 22.0 Å².